The van der Waals surface area contributed by atoms with E-state index in [9.17, 15) is 4.79 Å². The summed E-state index contributed by atoms with van der Waals surface area (Å²) in [6, 6.07) is 4.08. The minimum Gasteiger partial charge on any atom is -0.462 e. The third kappa shape index (κ3) is 6.86. The van der Waals surface area contributed by atoms with Gasteiger partial charge in [0.05, 0.1) is 11.9 Å². The number of hydrogen-bond donors (Lipinski definition) is 1. The molecule has 2 rings (SSSR count). The molecule has 1 N–H and O–H groups in total. The molecule has 1 aromatic rings. The number of aromatic nitrogens is 1. The average Bonchev–Trinajstić information content (AvgIpc) is 2.40. The molecule has 0 atom stereocenters. The van der Waals surface area contributed by atoms with Gasteiger partial charge in [-0.3, -0.25) is 4.79 Å². The second kappa shape index (κ2) is 8.21. The highest BCUT2D eigenvalue weighted by Crippen LogP contribution is 2.15. The largest absolute Gasteiger partial charge is 0.462 e. The lowest BCUT2D eigenvalue weighted by Crippen LogP contribution is -2.43. The van der Waals surface area contributed by atoms with Gasteiger partial charge in [0, 0.05) is 26.2 Å². The molecule has 0 radical (unpaired) electrons. The molecule has 1 saturated heterocycles. The van der Waals surface area contributed by atoms with E-state index in [4.69, 9.17) is 0 Å². The van der Waals surface area contributed by atoms with E-state index in [2.05, 4.69) is 41.9 Å². The Hall–Kier alpha value is -1.14. The molecule has 20 heavy (non-hydrogen) atoms. The summed E-state index contributed by atoms with van der Waals surface area (Å²) >= 11 is 3.33. The SMILES string of the molecule is Brc1ccc(N2CCNCC2)cn1.CC(C)(C)OC=O. The van der Waals surface area contributed by atoms with Crippen molar-refractivity contribution in [3.8, 4) is 0 Å². The van der Waals surface area contributed by atoms with Crippen LogP contribution in [0.2, 0.25) is 0 Å². The van der Waals surface area contributed by atoms with Crippen LogP contribution < -0.4 is 10.2 Å². The molecule has 112 valence electrons. The molecule has 1 fully saturated rings. The normalized spacial score (nSPS) is 15.1. The summed E-state index contributed by atoms with van der Waals surface area (Å²) in [6.07, 6.45) is 1.91. The molecule has 0 aliphatic carbocycles. The van der Waals surface area contributed by atoms with E-state index in [0.717, 1.165) is 30.8 Å². The van der Waals surface area contributed by atoms with Gasteiger partial charge >= 0.3 is 0 Å². The number of carbonyl (C=O) groups is 1. The Bertz CT molecular complexity index is 398. The number of rotatable bonds is 2. The first-order chi connectivity index (χ1) is 9.42. The van der Waals surface area contributed by atoms with Crippen LogP contribution in [0.25, 0.3) is 0 Å². The molecule has 1 aliphatic heterocycles. The van der Waals surface area contributed by atoms with Gasteiger partial charge in [0.25, 0.3) is 6.47 Å². The number of nitrogens with one attached hydrogen (secondary N) is 1. The molecule has 0 unspecified atom stereocenters. The van der Waals surface area contributed by atoms with E-state index < -0.39 is 0 Å². The van der Waals surface area contributed by atoms with Gasteiger partial charge in [0.1, 0.15) is 10.2 Å². The van der Waals surface area contributed by atoms with E-state index in [1.807, 2.05) is 33.0 Å². The zero-order valence-corrected chi connectivity index (χ0v) is 13.8. The molecule has 0 saturated carbocycles. The number of carbonyl (C=O) groups excluding carboxylic acids is 1. The van der Waals surface area contributed by atoms with Crippen molar-refractivity contribution in [2.24, 2.45) is 0 Å². The van der Waals surface area contributed by atoms with Gasteiger partial charge in [0.15, 0.2) is 0 Å². The first kappa shape index (κ1) is 16.9. The van der Waals surface area contributed by atoms with E-state index in [1.165, 1.54) is 5.69 Å². The van der Waals surface area contributed by atoms with Crippen molar-refractivity contribution in [2.45, 2.75) is 26.4 Å². The maximum Gasteiger partial charge on any atom is 0.293 e. The maximum atomic E-state index is 9.60. The predicted molar refractivity (Wildman–Crippen MR) is 83.9 cm³/mol. The quantitative estimate of drug-likeness (QED) is 0.659. The van der Waals surface area contributed by atoms with Crippen molar-refractivity contribution in [3.63, 3.8) is 0 Å². The third-order valence-electron chi connectivity index (χ3n) is 2.60. The van der Waals surface area contributed by atoms with Gasteiger partial charge < -0.3 is 15.0 Å². The van der Waals surface area contributed by atoms with Gasteiger partial charge in [-0.15, -0.1) is 0 Å². The lowest BCUT2D eigenvalue weighted by atomic mass is 10.2. The van der Waals surface area contributed by atoms with Gasteiger partial charge in [-0.1, -0.05) is 0 Å². The second-order valence-corrected chi connectivity index (χ2v) is 6.22. The smallest absolute Gasteiger partial charge is 0.293 e. The fourth-order valence-corrected chi connectivity index (χ4v) is 1.86. The van der Waals surface area contributed by atoms with E-state index in [0.29, 0.717) is 6.47 Å². The predicted octanol–water partition coefficient (Wildman–Crippen LogP) is 2.21. The van der Waals surface area contributed by atoms with Crippen molar-refractivity contribution in [1.29, 1.82) is 0 Å². The van der Waals surface area contributed by atoms with Crippen LogP contribution in [0.5, 0.6) is 0 Å². The Labute approximate surface area is 128 Å². The van der Waals surface area contributed by atoms with E-state index in [1.54, 1.807) is 0 Å². The van der Waals surface area contributed by atoms with Crippen LogP contribution in [-0.4, -0.2) is 43.2 Å². The first-order valence-corrected chi connectivity index (χ1v) is 7.40. The lowest BCUT2D eigenvalue weighted by molar-refractivity contribution is -0.138. The van der Waals surface area contributed by atoms with Crippen LogP contribution in [0.3, 0.4) is 0 Å². The van der Waals surface area contributed by atoms with Crippen LogP contribution in [0.1, 0.15) is 20.8 Å². The second-order valence-electron chi connectivity index (χ2n) is 5.40. The maximum absolute atomic E-state index is 9.60. The summed E-state index contributed by atoms with van der Waals surface area (Å²) in [5.41, 5.74) is 0.895. The molecule has 0 amide bonds. The minimum atomic E-state index is -0.318. The number of halogens is 1. The Kier molecular flexibility index (Phi) is 6.95. The number of anilines is 1. The Morgan fingerprint density at radius 2 is 2.00 bits per heavy atom. The summed E-state index contributed by atoms with van der Waals surface area (Å²) in [4.78, 5) is 16.2. The highest BCUT2D eigenvalue weighted by Gasteiger charge is 2.09. The fraction of sp³-hybridized carbons (Fsp3) is 0.571. The summed E-state index contributed by atoms with van der Waals surface area (Å²) in [6.45, 7) is 10.2. The van der Waals surface area contributed by atoms with Gasteiger partial charge in [0.2, 0.25) is 0 Å². The summed E-state index contributed by atoms with van der Waals surface area (Å²) in [5, 5.41) is 3.32. The molecule has 2 heterocycles. The number of nitrogens with zero attached hydrogens (tertiary/aromatic N) is 2. The molecule has 0 aromatic carbocycles. The van der Waals surface area contributed by atoms with Crippen LogP contribution in [0.4, 0.5) is 5.69 Å². The minimum absolute atomic E-state index is 0.318. The summed E-state index contributed by atoms with van der Waals surface area (Å²) < 4.78 is 5.44. The highest BCUT2D eigenvalue weighted by molar-refractivity contribution is 9.10. The van der Waals surface area contributed by atoms with Crippen LogP contribution in [0.15, 0.2) is 22.9 Å². The zero-order chi connectivity index (χ0) is 15.0. The number of piperazine rings is 1. The topological polar surface area (TPSA) is 54.5 Å². The molecule has 0 spiro atoms. The van der Waals surface area contributed by atoms with Crippen LogP contribution >= 0.6 is 15.9 Å². The van der Waals surface area contributed by atoms with Crippen molar-refractivity contribution in [1.82, 2.24) is 10.3 Å². The third-order valence-corrected chi connectivity index (χ3v) is 3.06. The van der Waals surface area contributed by atoms with E-state index >= 15 is 0 Å². The molecule has 0 bridgehead atoms. The number of hydrogen-bond acceptors (Lipinski definition) is 5. The molecular weight excluding hydrogens is 322 g/mol. The van der Waals surface area contributed by atoms with Gasteiger partial charge in [-0.05, 0) is 48.8 Å². The van der Waals surface area contributed by atoms with Crippen LogP contribution in [0, 0.1) is 0 Å². The van der Waals surface area contributed by atoms with Crippen LogP contribution in [-0.2, 0) is 9.53 Å². The van der Waals surface area contributed by atoms with Crippen molar-refractivity contribution < 1.29 is 9.53 Å². The molecule has 5 nitrogen and oxygen atoms in total. The molecule has 1 aromatic heterocycles. The van der Waals surface area contributed by atoms with E-state index in [-0.39, 0.29) is 5.60 Å². The fourth-order valence-electron chi connectivity index (χ4n) is 1.62. The molecular formula is C14H22BrN3O2. The number of pyridine rings is 1. The molecule has 6 heteroatoms. The highest BCUT2D eigenvalue weighted by atomic mass is 79.9. The average molecular weight is 344 g/mol. The first-order valence-electron chi connectivity index (χ1n) is 6.61. The van der Waals surface area contributed by atoms with Crippen molar-refractivity contribution in [2.75, 3.05) is 31.1 Å². The molecule has 1 aliphatic rings. The zero-order valence-electron chi connectivity index (χ0n) is 12.2. The van der Waals surface area contributed by atoms with Gasteiger partial charge in [-0.2, -0.15) is 0 Å². The Morgan fingerprint density at radius 1 is 1.35 bits per heavy atom. The summed E-state index contributed by atoms with van der Waals surface area (Å²) in [7, 11) is 0. The summed E-state index contributed by atoms with van der Waals surface area (Å²) in [5.74, 6) is 0. The lowest BCUT2D eigenvalue weighted by Gasteiger charge is -2.29. The Morgan fingerprint density at radius 3 is 2.40 bits per heavy atom. The standard InChI is InChI=1S/C9H12BrN3.C5H10O2/c10-9-2-1-8(7-12-9)13-5-3-11-4-6-13;1-5(2,3)7-4-6/h1-2,7,11H,3-6H2;4H,1-3H3. The Balaban J connectivity index is 0.000000246. The van der Waals surface area contributed by atoms with Crippen molar-refractivity contribution in [3.05, 3.63) is 22.9 Å². The van der Waals surface area contributed by atoms with Crippen molar-refractivity contribution >= 4 is 28.1 Å². The van der Waals surface area contributed by atoms with Gasteiger partial charge in [-0.25, -0.2) is 4.98 Å². The number of ether oxygens (including phenoxy) is 1. The monoisotopic (exact) mass is 343 g/mol.